The predicted molar refractivity (Wildman–Crippen MR) is 116 cm³/mol. The Kier molecular flexibility index (Phi) is 11.9. The molecule has 1 aromatic rings. The van der Waals surface area contributed by atoms with Crippen LogP contribution in [0.2, 0.25) is 0 Å². The number of aliphatic imine (C=N–C) groups is 1. The first kappa shape index (κ1) is 22.2. The van der Waals surface area contributed by atoms with Gasteiger partial charge in [-0.05, 0) is 44.8 Å². The minimum absolute atomic E-state index is 0. The Hall–Kier alpha value is -0.860. The van der Waals surface area contributed by atoms with Crippen molar-refractivity contribution in [2.75, 3.05) is 46.4 Å². The van der Waals surface area contributed by atoms with Crippen LogP contribution in [0.3, 0.4) is 0 Å². The van der Waals surface area contributed by atoms with Crippen LogP contribution in [-0.4, -0.2) is 57.2 Å². The molecule has 5 nitrogen and oxygen atoms in total. The normalized spacial score (nSPS) is 18.5. The molecule has 25 heavy (non-hydrogen) atoms. The summed E-state index contributed by atoms with van der Waals surface area (Å²) in [7, 11) is 2.20. The summed E-state index contributed by atoms with van der Waals surface area (Å²) in [6, 6.07) is 10.3. The fraction of sp³-hybridized carbons (Fsp3) is 0.632. The van der Waals surface area contributed by atoms with Crippen molar-refractivity contribution in [3.05, 3.63) is 35.9 Å². The average Bonchev–Trinajstić information content (AvgIpc) is 2.60. The Balaban J connectivity index is 0.00000312. The maximum atomic E-state index is 5.70. The lowest BCUT2D eigenvalue weighted by atomic mass is 9.99. The predicted octanol–water partition coefficient (Wildman–Crippen LogP) is 2.72. The molecule has 6 heteroatoms. The molecule has 0 spiro atoms. The van der Waals surface area contributed by atoms with Crippen molar-refractivity contribution in [2.45, 2.75) is 26.4 Å². The van der Waals surface area contributed by atoms with Crippen LogP contribution in [0.4, 0.5) is 0 Å². The number of ether oxygens (including phenoxy) is 1. The maximum absolute atomic E-state index is 5.70. The van der Waals surface area contributed by atoms with Gasteiger partial charge in [-0.15, -0.1) is 24.0 Å². The molecular formula is C19H33IN4O. The molecule has 1 saturated heterocycles. The third-order valence-corrected chi connectivity index (χ3v) is 4.22. The molecule has 0 saturated carbocycles. The van der Waals surface area contributed by atoms with Crippen LogP contribution in [0, 0.1) is 5.92 Å². The number of guanidine groups is 1. The number of rotatable bonds is 8. The summed E-state index contributed by atoms with van der Waals surface area (Å²) < 4.78 is 5.70. The topological polar surface area (TPSA) is 48.9 Å². The van der Waals surface area contributed by atoms with Gasteiger partial charge in [0.25, 0.3) is 0 Å². The highest BCUT2D eigenvalue weighted by Crippen LogP contribution is 2.14. The Morgan fingerprint density at radius 1 is 1.28 bits per heavy atom. The van der Waals surface area contributed by atoms with Gasteiger partial charge in [0.2, 0.25) is 0 Å². The summed E-state index contributed by atoms with van der Waals surface area (Å²) in [6.45, 7) is 8.34. The second kappa shape index (κ2) is 13.4. The monoisotopic (exact) mass is 460 g/mol. The lowest BCUT2D eigenvalue weighted by Gasteiger charge is -2.28. The summed E-state index contributed by atoms with van der Waals surface area (Å²) >= 11 is 0. The van der Waals surface area contributed by atoms with E-state index in [0.29, 0.717) is 19.1 Å². The quantitative estimate of drug-likeness (QED) is 0.271. The summed E-state index contributed by atoms with van der Waals surface area (Å²) in [5.41, 5.74) is 1.21. The number of hydrogen-bond donors (Lipinski definition) is 2. The third-order valence-electron chi connectivity index (χ3n) is 4.22. The lowest BCUT2D eigenvalue weighted by molar-refractivity contribution is 0.125. The van der Waals surface area contributed by atoms with E-state index in [1.807, 2.05) is 18.2 Å². The highest BCUT2D eigenvalue weighted by molar-refractivity contribution is 14.0. The van der Waals surface area contributed by atoms with E-state index >= 15 is 0 Å². The molecule has 0 aliphatic carbocycles. The van der Waals surface area contributed by atoms with Gasteiger partial charge in [-0.3, -0.25) is 4.99 Å². The molecule has 1 heterocycles. The summed E-state index contributed by atoms with van der Waals surface area (Å²) in [5.74, 6) is 1.57. The molecule has 1 fully saturated rings. The first-order valence-electron chi connectivity index (χ1n) is 9.10. The van der Waals surface area contributed by atoms with Crippen LogP contribution in [0.1, 0.15) is 25.3 Å². The Labute approximate surface area is 169 Å². The van der Waals surface area contributed by atoms with Crippen LogP contribution in [-0.2, 0) is 11.3 Å². The van der Waals surface area contributed by atoms with Gasteiger partial charge in [0.15, 0.2) is 5.96 Å². The highest BCUT2D eigenvalue weighted by atomic mass is 127. The van der Waals surface area contributed by atoms with Gasteiger partial charge in [0.1, 0.15) is 0 Å². The highest BCUT2D eigenvalue weighted by Gasteiger charge is 2.16. The molecule has 1 aliphatic heterocycles. The molecule has 0 radical (unpaired) electrons. The van der Waals surface area contributed by atoms with Crippen LogP contribution in [0.5, 0.6) is 0 Å². The van der Waals surface area contributed by atoms with E-state index in [9.17, 15) is 0 Å². The van der Waals surface area contributed by atoms with Gasteiger partial charge >= 0.3 is 0 Å². The standard InChI is InChI=1S/C19H32N4O.HI/c1-3-20-19(22-14-18-10-7-12-23(2)15-18)21-11-13-24-16-17-8-5-4-6-9-17;/h4-6,8-9,18H,3,7,10-16H2,1-2H3,(H2,20,21,22);1H. The zero-order valence-corrected chi connectivity index (χ0v) is 17.9. The van der Waals surface area contributed by atoms with Crippen LogP contribution < -0.4 is 10.6 Å². The van der Waals surface area contributed by atoms with Crippen LogP contribution in [0.25, 0.3) is 0 Å². The van der Waals surface area contributed by atoms with Crippen molar-refractivity contribution in [1.82, 2.24) is 15.5 Å². The molecule has 2 N–H and O–H groups in total. The van der Waals surface area contributed by atoms with Crippen molar-refractivity contribution in [2.24, 2.45) is 10.9 Å². The van der Waals surface area contributed by atoms with E-state index in [1.165, 1.54) is 24.9 Å². The van der Waals surface area contributed by atoms with Gasteiger partial charge in [0.05, 0.1) is 13.2 Å². The molecular weight excluding hydrogens is 427 g/mol. The Bertz CT molecular complexity index is 484. The number of nitrogens with one attached hydrogen (secondary N) is 2. The van der Waals surface area contributed by atoms with Crippen LogP contribution in [0.15, 0.2) is 35.3 Å². The Morgan fingerprint density at radius 3 is 2.80 bits per heavy atom. The molecule has 0 bridgehead atoms. The molecule has 1 unspecified atom stereocenters. The first-order valence-corrected chi connectivity index (χ1v) is 9.10. The molecule has 2 rings (SSSR count). The fourth-order valence-electron chi connectivity index (χ4n) is 2.99. The molecule has 1 aromatic carbocycles. The smallest absolute Gasteiger partial charge is 0.191 e. The summed E-state index contributed by atoms with van der Waals surface area (Å²) in [5, 5.41) is 6.67. The van der Waals surface area contributed by atoms with Crippen molar-refractivity contribution >= 4 is 29.9 Å². The maximum Gasteiger partial charge on any atom is 0.191 e. The van der Waals surface area contributed by atoms with E-state index in [4.69, 9.17) is 9.73 Å². The third kappa shape index (κ3) is 9.42. The summed E-state index contributed by atoms with van der Waals surface area (Å²) in [4.78, 5) is 7.14. The van der Waals surface area contributed by atoms with Crippen molar-refractivity contribution < 1.29 is 4.74 Å². The van der Waals surface area contributed by atoms with Gasteiger partial charge in [-0.1, -0.05) is 30.3 Å². The van der Waals surface area contributed by atoms with E-state index in [2.05, 4.69) is 41.6 Å². The average molecular weight is 460 g/mol. The number of nitrogens with zero attached hydrogens (tertiary/aromatic N) is 2. The lowest BCUT2D eigenvalue weighted by Crippen LogP contribution is -2.40. The van der Waals surface area contributed by atoms with Gasteiger partial charge < -0.3 is 20.3 Å². The summed E-state index contributed by atoms with van der Waals surface area (Å²) in [6.07, 6.45) is 2.57. The Morgan fingerprint density at radius 2 is 2.08 bits per heavy atom. The molecule has 142 valence electrons. The minimum atomic E-state index is 0. The van der Waals surface area contributed by atoms with Crippen LogP contribution >= 0.6 is 24.0 Å². The molecule has 0 amide bonds. The second-order valence-electron chi connectivity index (χ2n) is 6.46. The number of benzene rings is 1. The number of hydrogen-bond acceptors (Lipinski definition) is 3. The van der Waals surface area contributed by atoms with E-state index in [1.54, 1.807) is 0 Å². The fourth-order valence-corrected chi connectivity index (χ4v) is 2.99. The minimum Gasteiger partial charge on any atom is -0.375 e. The molecule has 1 aliphatic rings. The van der Waals surface area contributed by atoms with Gasteiger partial charge in [-0.25, -0.2) is 0 Å². The van der Waals surface area contributed by atoms with Crippen molar-refractivity contribution in [3.63, 3.8) is 0 Å². The zero-order valence-electron chi connectivity index (χ0n) is 15.5. The number of likely N-dealkylation sites (tertiary alicyclic amines) is 1. The van der Waals surface area contributed by atoms with E-state index in [-0.39, 0.29) is 24.0 Å². The zero-order chi connectivity index (χ0) is 17.0. The van der Waals surface area contributed by atoms with Crippen molar-refractivity contribution in [1.29, 1.82) is 0 Å². The van der Waals surface area contributed by atoms with E-state index < -0.39 is 0 Å². The SMILES string of the molecule is CCNC(=NCC1CCCN(C)C1)NCCOCc1ccccc1.I. The molecule has 1 atom stereocenters. The van der Waals surface area contributed by atoms with Gasteiger partial charge in [-0.2, -0.15) is 0 Å². The number of piperidine rings is 1. The number of halogens is 1. The van der Waals surface area contributed by atoms with Crippen molar-refractivity contribution in [3.8, 4) is 0 Å². The van der Waals surface area contributed by atoms with E-state index in [0.717, 1.165) is 32.1 Å². The first-order chi connectivity index (χ1) is 11.8. The second-order valence-corrected chi connectivity index (χ2v) is 6.46. The largest absolute Gasteiger partial charge is 0.375 e. The van der Waals surface area contributed by atoms with Gasteiger partial charge in [0, 0.05) is 26.2 Å². The molecule has 0 aromatic heterocycles.